The minimum absolute atomic E-state index is 0.00318. The summed E-state index contributed by atoms with van der Waals surface area (Å²) in [4.78, 5) is 189. The van der Waals surface area contributed by atoms with Crippen LogP contribution in [0.3, 0.4) is 0 Å². The molecule has 14 atom stereocenters. The Morgan fingerprint density at radius 2 is 0.824 bits per heavy atom. The highest BCUT2D eigenvalue weighted by Gasteiger charge is 2.40. The van der Waals surface area contributed by atoms with Gasteiger partial charge in [-0.05, 0) is 93.3 Å². The van der Waals surface area contributed by atoms with E-state index in [1.165, 1.54) is 0 Å². The van der Waals surface area contributed by atoms with Gasteiger partial charge in [0, 0.05) is 37.7 Å². The number of aliphatic carboxylic acids is 1. The van der Waals surface area contributed by atoms with Gasteiger partial charge < -0.3 is 115 Å². The number of hydrogen-bond donors (Lipinski definition) is 21. The molecular formula is C63H118N24O13S2. The topological polar surface area (TPSA) is 641 Å². The molecule has 0 aromatic heterocycles. The van der Waals surface area contributed by atoms with Crippen molar-refractivity contribution in [2.75, 3.05) is 37.7 Å². The first kappa shape index (κ1) is 91.4. The fourth-order valence-corrected chi connectivity index (χ4v) is 12.4. The Morgan fingerprint density at radius 1 is 0.461 bits per heavy atom. The van der Waals surface area contributed by atoms with Crippen molar-refractivity contribution in [1.29, 1.82) is 0 Å². The molecule has 37 nitrogen and oxygen atoms in total. The Labute approximate surface area is 605 Å². The number of carbonyl (C=O) groups is 12. The van der Waals surface area contributed by atoms with E-state index < -0.39 is 179 Å². The van der Waals surface area contributed by atoms with E-state index in [9.17, 15) is 57.8 Å². The first-order valence-corrected chi connectivity index (χ1v) is 37.0. The molecule has 0 aliphatic carbocycles. The number of nitrogens with zero attached hydrogens (tertiary/aromatic N) is 4. The molecular weight excluding hydrogens is 1360 g/mol. The number of carbonyl (C=O) groups excluding carboxylic acids is 11. The number of aliphatic imine (C=N–C) groups is 4. The van der Waals surface area contributed by atoms with Crippen molar-refractivity contribution in [3.63, 3.8) is 0 Å². The van der Waals surface area contributed by atoms with Crippen LogP contribution in [0.25, 0.3) is 0 Å². The maximum atomic E-state index is 15.1. The van der Waals surface area contributed by atoms with Crippen LogP contribution >= 0.6 is 21.6 Å². The van der Waals surface area contributed by atoms with Gasteiger partial charge in [-0.25, -0.2) is 4.79 Å². The summed E-state index contributed by atoms with van der Waals surface area (Å²) >= 11 is 0. The predicted octanol–water partition coefficient (Wildman–Crippen LogP) is -4.55. The number of hydrogen-bond acceptors (Lipinski definition) is 19. The zero-order valence-corrected chi connectivity index (χ0v) is 62.7. The number of guanidine groups is 4. The number of carboxylic acid groups (broad SMARTS) is 1. The van der Waals surface area contributed by atoms with Crippen LogP contribution in [0.1, 0.15) is 154 Å². The van der Waals surface area contributed by atoms with Crippen LogP contribution in [0.15, 0.2) is 20.0 Å². The van der Waals surface area contributed by atoms with Crippen LogP contribution in [0.2, 0.25) is 0 Å². The number of rotatable bonds is 32. The summed E-state index contributed by atoms with van der Waals surface area (Å²) in [6.45, 7) is 20.3. The molecule has 0 bridgehead atoms. The van der Waals surface area contributed by atoms with Gasteiger partial charge in [0.25, 0.3) is 0 Å². The number of nitrogens with one attached hydrogen (secondary N) is 11. The zero-order chi connectivity index (χ0) is 77.7. The molecule has 0 radical (unpaired) electrons. The Bertz CT molecular complexity index is 2890. The standard InChI is InChI=1S/C63H118N24O13S2/c1-13-34(11)46-57(97)78-38(21-17-25-75-62(69)70)49(89)83-43(31(5)6)54(94)82-42(53(93)79-39(59(99)100)22-18-26-76-63(71)72)29-102-101-28-41(81-51(91)40(27-30(3)4)80-48(88)36(64)19-15-23-73-60(65)66)52(92)77-37(20-16-24-74-61(67)68)50(90)86-47(35(12)14-2)58(98)85-44(32(7)8)55(95)84-45(33(9)10)56(96)87-46/h30-47H,13-29,64H2,1-12H3,(H,77,92)(H,78,97)(H,79,93)(H,80,88)(H,81,91)(H,82,94)(H,83,89)(H,84,95)(H,85,98)(H,86,90)(H,87,96)(H,99,100)(H4,65,66,73)(H4,67,68,74)(H4,69,70,75)(H4,71,72,76)/t34-,35-,36-,37-,38-,39-,40-,41-,42-,43-,44-,45?,46-,47-/m0/s1. The zero-order valence-electron chi connectivity index (χ0n) is 61.1. The van der Waals surface area contributed by atoms with Gasteiger partial charge in [-0.2, -0.15) is 0 Å². The molecule has 1 rings (SSSR count). The summed E-state index contributed by atoms with van der Waals surface area (Å²) < 4.78 is 0. The summed E-state index contributed by atoms with van der Waals surface area (Å²) in [5, 5.41) is 40.0. The van der Waals surface area contributed by atoms with Gasteiger partial charge in [0.05, 0.1) is 6.04 Å². The highest BCUT2D eigenvalue weighted by molar-refractivity contribution is 8.76. The van der Waals surface area contributed by atoms with Crippen molar-refractivity contribution < 1.29 is 62.6 Å². The largest absolute Gasteiger partial charge is 0.480 e. The maximum Gasteiger partial charge on any atom is 0.326 e. The number of carboxylic acids is 1. The van der Waals surface area contributed by atoms with Crippen molar-refractivity contribution in [3.8, 4) is 0 Å². The summed E-state index contributed by atoms with van der Waals surface area (Å²) in [5.41, 5.74) is 50.6. The van der Waals surface area contributed by atoms with E-state index in [0.717, 1.165) is 21.6 Å². The fraction of sp³-hybridized carbons (Fsp3) is 0.746. The lowest BCUT2D eigenvalue weighted by atomic mass is 9.94. The van der Waals surface area contributed by atoms with E-state index in [1.54, 1.807) is 83.1 Å². The Morgan fingerprint density at radius 3 is 1.24 bits per heavy atom. The Kier molecular flexibility index (Phi) is 42.6. The third kappa shape index (κ3) is 34.8. The smallest absolute Gasteiger partial charge is 0.326 e. The van der Waals surface area contributed by atoms with E-state index in [0.29, 0.717) is 19.3 Å². The highest BCUT2D eigenvalue weighted by Crippen LogP contribution is 2.25. The molecule has 1 heterocycles. The maximum absolute atomic E-state index is 15.1. The van der Waals surface area contributed by atoms with Crippen LogP contribution in [-0.2, 0) is 57.5 Å². The molecule has 1 saturated heterocycles. The molecule has 1 fully saturated rings. The van der Waals surface area contributed by atoms with Gasteiger partial charge in [0.2, 0.25) is 65.0 Å². The van der Waals surface area contributed by atoms with Gasteiger partial charge in [0.1, 0.15) is 66.5 Å². The molecule has 11 amide bonds. The molecule has 0 saturated carbocycles. The lowest BCUT2D eigenvalue weighted by Gasteiger charge is -2.32. The molecule has 102 heavy (non-hydrogen) atoms. The molecule has 0 aromatic carbocycles. The first-order chi connectivity index (χ1) is 47.8. The van der Waals surface area contributed by atoms with Crippen LogP contribution < -0.4 is 110 Å². The van der Waals surface area contributed by atoms with E-state index in [-0.39, 0.29) is 113 Å². The van der Waals surface area contributed by atoms with Crippen LogP contribution in [-0.4, -0.2) is 210 Å². The molecule has 1 aliphatic heterocycles. The molecule has 30 N–H and O–H groups in total. The van der Waals surface area contributed by atoms with Gasteiger partial charge in [-0.1, -0.05) is 118 Å². The molecule has 39 heteroatoms. The second-order valence-electron chi connectivity index (χ2n) is 26.7. The summed E-state index contributed by atoms with van der Waals surface area (Å²) in [7, 11) is 1.76. The van der Waals surface area contributed by atoms with Crippen LogP contribution in [0.4, 0.5) is 0 Å². The van der Waals surface area contributed by atoms with E-state index >= 15 is 4.79 Å². The lowest BCUT2D eigenvalue weighted by molar-refractivity contribution is -0.142. The third-order valence-electron chi connectivity index (χ3n) is 16.5. The lowest BCUT2D eigenvalue weighted by Crippen LogP contribution is -2.63. The second kappa shape index (κ2) is 47.5. The van der Waals surface area contributed by atoms with Gasteiger partial charge in [-0.3, -0.25) is 72.7 Å². The highest BCUT2D eigenvalue weighted by atomic mass is 33.1. The van der Waals surface area contributed by atoms with Gasteiger partial charge in [0.15, 0.2) is 23.8 Å². The minimum Gasteiger partial charge on any atom is -0.480 e. The molecule has 1 unspecified atom stereocenters. The average Bonchev–Trinajstić information content (AvgIpc) is 0.851. The van der Waals surface area contributed by atoms with Gasteiger partial charge in [-0.15, -0.1) is 0 Å². The monoisotopic (exact) mass is 1480 g/mol. The van der Waals surface area contributed by atoms with Crippen molar-refractivity contribution >= 4 is 116 Å². The normalized spacial score (nSPS) is 22.8. The molecule has 1 aliphatic rings. The van der Waals surface area contributed by atoms with Gasteiger partial charge >= 0.3 is 5.97 Å². The van der Waals surface area contributed by atoms with Crippen molar-refractivity contribution in [1.82, 2.24) is 58.5 Å². The third-order valence-corrected chi connectivity index (χ3v) is 18.9. The molecule has 0 spiro atoms. The van der Waals surface area contributed by atoms with Crippen molar-refractivity contribution in [2.24, 2.45) is 107 Å². The predicted molar refractivity (Wildman–Crippen MR) is 394 cm³/mol. The molecule has 580 valence electrons. The number of amides is 11. The quantitative estimate of drug-likeness (QED) is 0.0131. The Balaban J connectivity index is 4.50. The molecule has 0 aromatic rings. The van der Waals surface area contributed by atoms with E-state index in [1.807, 2.05) is 0 Å². The van der Waals surface area contributed by atoms with Crippen molar-refractivity contribution in [3.05, 3.63) is 0 Å². The van der Waals surface area contributed by atoms with E-state index in [4.69, 9.17) is 51.6 Å². The first-order valence-electron chi connectivity index (χ1n) is 34.5. The SMILES string of the molecule is CC[C@H](C)[C@@H]1NC(=O)C(C(C)C)NC(=O)[C@H](C(C)C)NC(=O)[C@H]([C@@H](C)CC)NC(=O)[C@H](CCCN=C(N)N)NC(=O)[C@@H](NC(=O)[C@H](CC(C)C)NC(=O)[C@@H](N)CCCN=C(N)N)CSSC[C@@H](C(=O)N[C@@H](CCCN=C(N)N)C(=O)O)NC(=O)[C@H](C(C)C)NC(=O)[C@H](CCCN=C(N)N)NC1=O. The number of nitrogens with two attached hydrogens (primary N) is 9. The van der Waals surface area contributed by atoms with Crippen LogP contribution in [0, 0.1) is 35.5 Å². The summed E-state index contributed by atoms with van der Waals surface area (Å²) in [6, 6.07) is -17.0. The summed E-state index contributed by atoms with van der Waals surface area (Å²) in [6.07, 6.45) is 0.828. The van der Waals surface area contributed by atoms with E-state index in [2.05, 4.69) is 78.5 Å². The minimum atomic E-state index is -1.63. The summed E-state index contributed by atoms with van der Waals surface area (Å²) in [5.74, 6) is -16.2. The van der Waals surface area contributed by atoms with Crippen molar-refractivity contribution in [2.45, 2.75) is 226 Å². The van der Waals surface area contributed by atoms with Crippen LogP contribution in [0.5, 0.6) is 0 Å². The fourth-order valence-electron chi connectivity index (χ4n) is 10.1. The average molecular weight is 1480 g/mol. The second-order valence-corrected chi connectivity index (χ2v) is 29.3. The Hall–Kier alpha value is -8.62.